The fourth-order valence-electron chi connectivity index (χ4n) is 2.00. The van der Waals surface area contributed by atoms with Gasteiger partial charge in [-0.2, -0.15) is 0 Å². The van der Waals surface area contributed by atoms with Crippen LogP contribution in [0.4, 0.5) is 5.69 Å². The highest BCUT2D eigenvalue weighted by molar-refractivity contribution is 7.12. The Labute approximate surface area is 143 Å². The minimum Gasteiger partial charge on any atom is -0.469 e. The summed E-state index contributed by atoms with van der Waals surface area (Å²) >= 11 is 1.36. The van der Waals surface area contributed by atoms with Crippen molar-refractivity contribution in [3.8, 4) is 0 Å². The maximum absolute atomic E-state index is 12.1. The fourth-order valence-corrected chi connectivity index (χ4v) is 2.62. The number of carbonyl (C=O) groups is 3. The zero-order chi connectivity index (χ0) is 17.5. The number of methoxy groups -OCH3 is 1. The summed E-state index contributed by atoms with van der Waals surface area (Å²) in [6.45, 7) is 1.73. The monoisotopic (exact) mass is 346 g/mol. The highest BCUT2D eigenvalue weighted by atomic mass is 32.1. The standard InChI is InChI=1S/C17H18N2O4S/c1-11(10-15(20)23-2)18-16(21)12-5-7-13(8-6-12)19-17(22)14-4-3-9-24-14/h3-9,11H,10H2,1-2H3,(H,18,21)(H,19,22). The Morgan fingerprint density at radius 3 is 2.42 bits per heavy atom. The van der Waals surface area contributed by atoms with Crippen molar-refractivity contribution in [3.63, 3.8) is 0 Å². The number of amides is 2. The van der Waals surface area contributed by atoms with Gasteiger partial charge in [0.2, 0.25) is 0 Å². The van der Waals surface area contributed by atoms with Gasteiger partial charge in [0.05, 0.1) is 18.4 Å². The molecule has 1 unspecified atom stereocenters. The SMILES string of the molecule is COC(=O)CC(C)NC(=O)c1ccc(NC(=O)c2cccs2)cc1. The number of thiophene rings is 1. The first-order valence-corrected chi connectivity index (χ1v) is 8.20. The second-order valence-electron chi connectivity index (χ2n) is 5.16. The summed E-state index contributed by atoms with van der Waals surface area (Å²) < 4.78 is 4.56. The summed E-state index contributed by atoms with van der Waals surface area (Å²) in [7, 11) is 1.31. The topological polar surface area (TPSA) is 84.5 Å². The number of anilines is 1. The number of esters is 1. The zero-order valence-electron chi connectivity index (χ0n) is 13.4. The van der Waals surface area contributed by atoms with Crippen molar-refractivity contribution in [2.24, 2.45) is 0 Å². The van der Waals surface area contributed by atoms with Crippen LogP contribution in [0, 0.1) is 0 Å². The van der Waals surface area contributed by atoms with Gasteiger partial charge < -0.3 is 15.4 Å². The zero-order valence-corrected chi connectivity index (χ0v) is 14.2. The molecule has 7 heteroatoms. The second-order valence-corrected chi connectivity index (χ2v) is 6.11. The molecule has 1 aromatic heterocycles. The number of benzene rings is 1. The van der Waals surface area contributed by atoms with E-state index in [-0.39, 0.29) is 30.2 Å². The van der Waals surface area contributed by atoms with Gasteiger partial charge in [-0.15, -0.1) is 11.3 Å². The van der Waals surface area contributed by atoms with Gasteiger partial charge in [0.1, 0.15) is 0 Å². The van der Waals surface area contributed by atoms with Crippen molar-refractivity contribution in [3.05, 3.63) is 52.2 Å². The van der Waals surface area contributed by atoms with Crippen LogP contribution in [-0.2, 0) is 9.53 Å². The third-order valence-electron chi connectivity index (χ3n) is 3.23. The molecule has 0 spiro atoms. The lowest BCUT2D eigenvalue weighted by Gasteiger charge is -2.13. The molecular formula is C17H18N2O4S. The quantitative estimate of drug-likeness (QED) is 0.788. The molecule has 24 heavy (non-hydrogen) atoms. The molecule has 2 amide bonds. The molecule has 126 valence electrons. The Balaban J connectivity index is 1.92. The number of ether oxygens (including phenoxy) is 1. The van der Waals surface area contributed by atoms with Crippen molar-refractivity contribution in [1.82, 2.24) is 5.32 Å². The van der Waals surface area contributed by atoms with Crippen LogP contribution in [-0.4, -0.2) is 30.9 Å². The second kappa shape index (κ2) is 8.26. The van der Waals surface area contributed by atoms with Gasteiger partial charge in [0.15, 0.2) is 0 Å². The molecule has 2 aromatic rings. The Kier molecular flexibility index (Phi) is 6.08. The number of hydrogen-bond acceptors (Lipinski definition) is 5. The van der Waals surface area contributed by atoms with E-state index in [4.69, 9.17) is 0 Å². The van der Waals surface area contributed by atoms with Crippen molar-refractivity contribution in [2.75, 3.05) is 12.4 Å². The van der Waals surface area contributed by atoms with Crippen molar-refractivity contribution < 1.29 is 19.1 Å². The van der Waals surface area contributed by atoms with Gasteiger partial charge in [-0.1, -0.05) is 6.07 Å². The summed E-state index contributed by atoms with van der Waals surface area (Å²) in [4.78, 5) is 35.8. The lowest BCUT2D eigenvalue weighted by molar-refractivity contribution is -0.141. The first-order valence-electron chi connectivity index (χ1n) is 7.32. The summed E-state index contributed by atoms with van der Waals surface area (Å²) in [5.74, 6) is -0.856. The smallest absolute Gasteiger partial charge is 0.307 e. The molecule has 2 rings (SSSR count). The predicted molar refractivity (Wildman–Crippen MR) is 92.3 cm³/mol. The van der Waals surface area contributed by atoms with E-state index < -0.39 is 0 Å². The maximum atomic E-state index is 12.1. The van der Waals surface area contributed by atoms with Crippen LogP contribution >= 0.6 is 11.3 Å². The normalized spacial score (nSPS) is 11.4. The van der Waals surface area contributed by atoms with E-state index in [1.807, 2.05) is 11.4 Å². The molecule has 1 aromatic carbocycles. The summed E-state index contributed by atoms with van der Waals surface area (Å²) in [5.41, 5.74) is 1.05. The molecule has 0 aliphatic rings. The van der Waals surface area contributed by atoms with Crippen LogP contribution in [0.1, 0.15) is 33.4 Å². The molecule has 0 aliphatic heterocycles. The largest absolute Gasteiger partial charge is 0.469 e. The van der Waals surface area contributed by atoms with Crippen LogP contribution < -0.4 is 10.6 Å². The molecule has 0 aliphatic carbocycles. The summed E-state index contributed by atoms with van der Waals surface area (Å²) in [6.07, 6.45) is 0.108. The van der Waals surface area contributed by atoms with Gasteiger partial charge in [0.25, 0.3) is 11.8 Å². The fraction of sp³-hybridized carbons (Fsp3) is 0.235. The van der Waals surface area contributed by atoms with Crippen LogP contribution in [0.5, 0.6) is 0 Å². The van der Waals surface area contributed by atoms with Crippen molar-refractivity contribution in [2.45, 2.75) is 19.4 Å². The highest BCUT2D eigenvalue weighted by Gasteiger charge is 2.14. The van der Waals surface area contributed by atoms with Crippen molar-refractivity contribution >= 4 is 34.8 Å². The molecule has 1 atom stereocenters. The van der Waals surface area contributed by atoms with Gasteiger partial charge >= 0.3 is 5.97 Å². The van der Waals surface area contributed by atoms with Crippen molar-refractivity contribution in [1.29, 1.82) is 0 Å². The molecule has 0 radical (unpaired) electrons. The number of hydrogen-bond donors (Lipinski definition) is 2. The molecule has 0 saturated carbocycles. The van der Waals surface area contributed by atoms with Gasteiger partial charge in [-0.3, -0.25) is 14.4 Å². The van der Waals surface area contributed by atoms with E-state index in [9.17, 15) is 14.4 Å². The number of rotatable bonds is 6. The molecule has 0 bridgehead atoms. The van der Waals surface area contributed by atoms with Gasteiger partial charge in [-0.25, -0.2) is 0 Å². The first kappa shape index (κ1) is 17.7. The first-order chi connectivity index (χ1) is 11.5. The third-order valence-corrected chi connectivity index (χ3v) is 4.10. The summed E-state index contributed by atoms with van der Waals surface area (Å²) in [5, 5.41) is 7.31. The maximum Gasteiger partial charge on any atom is 0.307 e. The van der Waals surface area contributed by atoms with E-state index in [1.165, 1.54) is 18.4 Å². The Hall–Kier alpha value is -2.67. The Morgan fingerprint density at radius 2 is 1.83 bits per heavy atom. The lowest BCUT2D eigenvalue weighted by Crippen LogP contribution is -2.34. The molecule has 0 fully saturated rings. The average Bonchev–Trinajstić information content (AvgIpc) is 3.09. The van der Waals surface area contributed by atoms with Crippen LogP contribution in [0.2, 0.25) is 0 Å². The van der Waals surface area contributed by atoms with E-state index >= 15 is 0 Å². The minimum atomic E-state index is -0.380. The van der Waals surface area contributed by atoms with Crippen LogP contribution in [0.15, 0.2) is 41.8 Å². The Bertz CT molecular complexity index is 711. The predicted octanol–water partition coefficient (Wildman–Crippen LogP) is 2.68. The van der Waals surface area contributed by atoms with E-state index in [0.717, 1.165) is 0 Å². The number of carbonyl (C=O) groups excluding carboxylic acids is 3. The molecule has 6 nitrogen and oxygen atoms in total. The summed E-state index contributed by atoms with van der Waals surface area (Å²) in [6, 6.07) is 9.77. The van der Waals surface area contributed by atoms with Crippen LogP contribution in [0.25, 0.3) is 0 Å². The van der Waals surface area contributed by atoms with Gasteiger partial charge in [-0.05, 0) is 42.6 Å². The van der Waals surface area contributed by atoms with Gasteiger partial charge in [0, 0.05) is 17.3 Å². The molecule has 0 saturated heterocycles. The molecule has 2 N–H and O–H groups in total. The van der Waals surface area contributed by atoms with E-state index in [0.29, 0.717) is 16.1 Å². The third kappa shape index (κ3) is 4.92. The Morgan fingerprint density at radius 1 is 1.12 bits per heavy atom. The highest BCUT2D eigenvalue weighted by Crippen LogP contribution is 2.14. The molecule has 1 heterocycles. The molecular weight excluding hydrogens is 328 g/mol. The average molecular weight is 346 g/mol. The minimum absolute atomic E-state index is 0.108. The number of nitrogens with one attached hydrogen (secondary N) is 2. The van der Waals surface area contributed by atoms with E-state index in [2.05, 4.69) is 15.4 Å². The lowest BCUT2D eigenvalue weighted by atomic mass is 10.1. The van der Waals surface area contributed by atoms with Crippen LogP contribution in [0.3, 0.4) is 0 Å². The van der Waals surface area contributed by atoms with E-state index in [1.54, 1.807) is 37.3 Å².